The molecule has 1 rings (SSSR count). The first-order valence-electron chi connectivity index (χ1n) is 8.25. The molecule has 0 spiro atoms. The minimum atomic E-state index is 0.883. The van der Waals surface area contributed by atoms with Crippen LogP contribution in [0.3, 0.4) is 0 Å². The van der Waals surface area contributed by atoms with Gasteiger partial charge < -0.3 is 10.6 Å². The predicted octanol–water partition coefficient (Wildman–Crippen LogP) is 3.38. The molecule has 2 N–H and O–H groups in total. The highest BCUT2D eigenvalue weighted by atomic mass is 32.1. The maximum absolute atomic E-state index is 4.61. The summed E-state index contributed by atoms with van der Waals surface area (Å²) in [6.07, 6.45) is 7.02. The minimum Gasteiger partial charge on any atom is -0.357 e. The molecule has 0 aromatic carbocycles. The highest BCUT2D eigenvalue weighted by Gasteiger charge is 2.01. The van der Waals surface area contributed by atoms with Crippen LogP contribution in [0.5, 0.6) is 0 Å². The van der Waals surface area contributed by atoms with Gasteiger partial charge in [0.15, 0.2) is 5.96 Å². The average Bonchev–Trinajstić information content (AvgIpc) is 2.95. The molecule has 0 amide bonds. The lowest BCUT2D eigenvalue weighted by Crippen LogP contribution is -2.38. The van der Waals surface area contributed by atoms with Gasteiger partial charge in [-0.2, -0.15) is 0 Å². The SMILES string of the molecule is CCCCCCN=C(NCC)NCCc1csc(CC)n1. The average molecular weight is 311 g/mol. The zero-order valence-electron chi connectivity index (χ0n) is 13.7. The van der Waals surface area contributed by atoms with Gasteiger partial charge in [0.25, 0.3) is 0 Å². The van der Waals surface area contributed by atoms with Gasteiger partial charge in [-0.3, -0.25) is 4.99 Å². The van der Waals surface area contributed by atoms with Gasteiger partial charge in [-0.25, -0.2) is 4.98 Å². The number of rotatable bonds is 10. The molecule has 0 radical (unpaired) electrons. The molecule has 0 aliphatic heterocycles. The number of thiazole rings is 1. The topological polar surface area (TPSA) is 49.3 Å². The molecule has 1 aromatic rings. The van der Waals surface area contributed by atoms with Crippen LogP contribution in [0.2, 0.25) is 0 Å². The van der Waals surface area contributed by atoms with Gasteiger partial charge in [-0.05, 0) is 19.8 Å². The normalized spacial score (nSPS) is 11.7. The van der Waals surface area contributed by atoms with Crippen molar-refractivity contribution in [1.82, 2.24) is 15.6 Å². The highest BCUT2D eigenvalue weighted by molar-refractivity contribution is 7.09. The fraction of sp³-hybridized carbons (Fsp3) is 0.750. The standard InChI is InChI=1S/C16H30N4S/c1-4-7-8-9-11-18-16(17-6-3)19-12-10-14-13-21-15(5-2)20-14/h13H,4-12H2,1-3H3,(H2,17,18,19). The van der Waals surface area contributed by atoms with Crippen LogP contribution < -0.4 is 10.6 Å². The van der Waals surface area contributed by atoms with E-state index in [4.69, 9.17) is 0 Å². The molecular formula is C16H30N4S. The van der Waals surface area contributed by atoms with E-state index >= 15 is 0 Å². The number of unbranched alkanes of at least 4 members (excludes halogenated alkanes) is 3. The smallest absolute Gasteiger partial charge is 0.191 e. The molecule has 0 aliphatic carbocycles. The molecule has 0 bridgehead atoms. The number of aromatic nitrogens is 1. The maximum atomic E-state index is 4.61. The summed E-state index contributed by atoms with van der Waals surface area (Å²) < 4.78 is 0. The van der Waals surface area contributed by atoms with Gasteiger partial charge in [0.2, 0.25) is 0 Å². The lowest BCUT2D eigenvalue weighted by Gasteiger charge is -2.10. The summed E-state index contributed by atoms with van der Waals surface area (Å²) in [4.78, 5) is 9.20. The Hall–Kier alpha value is -1.10. The van der Waals surface area contributed by atoms with Crippen LogP contribution in [0, 0.1) is 0 Å². The Bertz CT molecular complexity index is 401. The second kappa shape index (κ2) is 11.5. The second-order valence-corrected chi connectivity index (χ2v) is 6.03. The summed E-state index contributed by atoms with van der Waals surface area (Å²) in [6.45, 7) is 9.17. The molecule has 0 fully saturated rings. The van der Waals surface area contributed by atoms with E-state index in [9.17, 15) is 0 Å². The van der Waals surface area contributed by atoms with Crippen molar-refractivity contribution in [2.75, 3.05) is 19.6 Å². The van der Waals surface area contributed by atoms with Crippen molar-refractivity contribution in [2.45, 2.75) is 59.3 Å². The molecule has 21 heavy (non-hydrogen) atoms. The summed E-state index contributed by atoms with van der Waals surface area (Å²) in [5.74, 6) is 0.931. The van der Waals surface area contributed by atoms with E-state index in [1.165, 1.54) is 36.4 Å². The van der Waals surface area contributed by atoms with Crippen molar-refractivity contribution in [3.63, 3.8) is 0 Å². The zero-order valence-corrected chi connectivity index (χ0v) is 14.6. The summed E-state index contributed by atoms with van der Waals surface area (Å²) in [7, 11) is 0. The number of guanidine groups is 1. The van der Waals surface area contributed by atoms with Gasteiger partial charge in [-0.15, -0.1) is 11.3 Å². The molecule has 0 saturated heterocycles. The van der Waals surface area contributed by atoms with Crippen LogP contribution in [0.25, 0.3) is 0 Å². The Morgan fingerprint density at radius 3 is 2.71 bits per heavy atom. The Morgan fingerprint density at radius 2 is 2.05 bits per heavy atom. The van der Waals surface area contributed by atoms with E-state index in [0.717, 1.165) is 38.4 Å². The number of hydrogen-bond acceptors (Lipinski definition) is 3. The third-order valence-corrected chi connectivity index (χ3v) is 4.24. The van der Waals surface area contributed by atoms with Gasteiger partial charge in [-0.1, -0.05) is 33.1 Å². The van der Waals surface area contributed by atoms with Crippen molar-refractivity contribution in [3.8, 4) is 0 Å². The molecule has 1 heterocycles. The van der Waals surface area contributed by atoms with Crippen molar-refractivity contribution in [2.24, 2.45) is 4.99 Å². The molecular weight excluding hydrogens is 280 g/mol. The number of nitrogens with zero attached hydrogens (tertiary/aromatic N) is 2. The summed E-state index contributed by atoms with van der Waals surface area (Å²) in [6, 6.07) is 0. The zero-order chi connectivity index (χ0) is 15.3. The van der Waals surface area contributed by atoms with Crippen LogP contribution in [0.4, 0.5) is 0 Å². The van der Waals surface area contributed by atoms with Crippen molar-refractivity contribution < 1.29 is 0 Å². The molecule has 120 valence electrons. The molecule has 5 heteroatoms. The lowest BCUT2D eigenvalue weighted by molar-refractivity contribution is 0.670. The number of hydrogen-bond donors (Lipinski definition) is 2. The van der Waals surface area contributed by atoms with Crippen LogP contribution >= 0.6 is 11.3 Å². The minimum absolute atomic E-state index is 0.883. The van der Waals surface area contributed by atoms with E-state index in [-0.39, 0.29) is 0 Å². The van der Waals surface area contributed by atoms with E-state index in [1.807, 2.05) is 0 Å². The van der Waals surface area contributed by atoms with Crippen molar-refractivity contribution >= 4 is 17.3 Å². The maximum Gasteiger partial charge on any atom is 0.191 e. The van der Waals surface area contributed by atoms with Gasteiger partial charge >= 0.3 is 0 Å². The summed E-state index contributed by atoms with van der Waals surface area (Å²) in [5, 5.41) is 10.1. The van der Waals surface area contributed by atoms with E-state index in [0.29, 0.717) is 0 Å². The Morgan fingerprint density at radius 1 is 1.19 bits per heavy atom. The predicted molar refractivity (Wildman–Crippen MR) is 93.3 cm³/mol. The largest absolute Gasteiger partial charge is 0.357 e. The van der Waals surface area contributed by atoms with Crippen molar-refractivity contribution in [3.05, 3.63) is 16.1 Å². The molecule has 0 atom stereocenters. The van der Waals surface area contributed by atoms with Gasteiger partial charge in [0.1, 0.15) is 0 Å². The number of aliphatic imine (C=N–C) groups is 1. The van der Waals surface area contributed by atoms with E-state index in [2.05, 4.69) is 46.8 Å². The lowest BCUT2D eigenvalue weighted by atomic mass is 10.2. The fourth-order valence-corrected chi connectivity index (χ4v) is 2.79. The van der Waals surface area contributed by atoms with Crippen LogP contribution in [-0.4, -0.2) is 30.6 Å². The highest BCUT2D eigenvalue weighted by Crippen LogP contribution is 2.10. The molecule has 0 saturated carbocycles. The number of nitrogens with one attached hydrogen (secondary N) is 2. The molecule has 1 aromatic heterocycles. The Kier molecular flexibility index (Phi) is 9.87. The second-order valence-electron chi connectivity index (χ2n) is 5.08. The first kappa shape index (κ1) is 18.0. The quantitative estimate of drug-likeness (QED) is 0.396. The molecule has 0 aliphatic rings. The molecule has 0 unspecified atom stereocenters. The summed E-state index contributed by atoms with van der Waals surface area (Å²) in [5.41, 5.74) is 1.18. The van der Waals surface area contributed by atoms with E-state index in [1.54, 1.807) is 11.3 Å². The fourth-order valence-electron chi connectivity index (χ4n) is 2.01. The van der Waals surface area contributed by atoms with Gasteiger partial charge in [0.05, 0.1) is 10.7 Å². The van der Waals surface area contributed by atoms with Crippen LogP contribution in [-0.2, 0) is 12.8 Å². The Labute approximate surface area is 133 Å². The monoisotopic (exact) mass is 310 g/mol. The van der Waals surface area contributed by atoms with Crippen LogP contribution in [0.1, 0.15) is 57.2 Å². The Balaban J connectivity index is 2.27. The van der Waals surface area contributed by atoms with E-state index < -0.39 is 0 Å². The van der Waals surface area contributed by atoms with Crippen LogP contribution in [0.15, 0.2) is 10.4 Å². The third-order valence-electron chi connectivity index (χ3n) is 3.20. The third kappa shape index (κ3) is 8.05. The molecule has 4 nitrogen and oxygen atoms in total. The first-order valence-corrected chi connectivity index (χ1v) is 9.13. The van der Waals surface area contributed by atoms with Gasteiger partial charge in [0, 0.05) is 31.4 Å². The van der Waals surface area contributed by atoms with Crippen molar-refractivity contribution in [1.29, 1.82) is 0 Å². The number of aryl methyl sites for hydroxylation is 1. The summed E-state index contributed by atoms with van der Waals surface area (Å²) >= 11 is 1.76. The first-order chi connectivity index (χ1) is 10.3.